The highest BCUT2D eigenvalue weighted by molar-refractivity contribution is 7.17. The quantitative estimate of drug-likeness (QED) is 0.635. The molecule has 0 unspecified atom stereocenters. The molecule has 3 heterocycles. The first-order valence-corrected chi connectivity index (χ1v) is 7.68. The van der Waals surface area contributed by atoms with Crippen LogP contribution in [0.4, 0.5) is 0 Å². The number of rotatable bonds is 1. The smallest absolute Gasteiger partial charge is 0.162 e. The van der Waals surface area contributed by atoms with Crippen LogP contribution < -0.4 is 0 Å². The number of fused-ring (bicyclic) bond motifs is 2. The number of aromatic nitrogens is 2. The van der Waals surface area contributed by atoms with Crippen LogP contribution in [0.2, 0.25) is 5.15 Å². The molecule has 0 saturated carbocycles. The zero-order valence-corrected chi connectivity index (χ0v) is 12.2. The maximum absolute atomic E-state index is 6.29. The summed E-state index contributed by atoms with van der Waals surface area (Å²) < 4.78 is 6.65. The molecule has 1 aliphatic rings. The van der Waals surface area contributed by atoms with Crippen LogP contribution >= 0.6 is 22.9 Å². The van der Waals surface area contributed by atoms with Crippen LogP contribution in [-0.4, -0.2) is 16.6 Å². The Bertz CT molecular complexity index is 800. The average Bonchev–Trinajstić information content (AvgIpc) is 2.91. The molecule has 1 aromatic carbocycles. The highest BCUT2D eigenvalue weighted by Gasteiger charge is 2.19. The number of benzene rings is 1. The van der Waals surface area contributed by atoms with Gasteiger partial charge in [-0.15, -0.1) is 11.3 Å². The molecule has 3 aromatic rings. The van der Waals surface area contributed by atoms with Crippen LogP contribution in [0, 0.1) is 0 Å². The topological polar surface area (TPSA) is 35.0 Å². The van der Waals surface area contributed by atoms with Crippen molar-refractivity contribution in [1.82, 2.24) is 9.97 Å². The normalized spacial score (nSPS) is 14.4. The number of ether oxygens (including phenoxy) is 1. The summed E-state index contributed by atoms with van der Waals surface area (Å²) in [5.41, 5.74) is 3.00. The summed E-state index contributed by atoms with van der Waals surface area (Å²) in [6, 6.07) is 8.28. The van der Waals surface area contributed by atoms with Gasteiger partial charge in [0.2, 0.25) is 0 Å². The fourth-order valence-electron chi connectivity index (χ4n) is 2.46. The molecule has 2 aromatic heterocycles. The van der Waals surface area contributed by atoms with Gasteiger partial charge in [-0.2, -0.15) is 0 Å². The molecule has 0 N–H and O–H groups in total. The Balaban J connectivity index is 1.92. The standard InChI is InChI=1S/C15H11ClN2OS/c16-14-10-7-19-6-5-12(10)17-15(18-14)11-8-20-13-4-2-1-3-9(11)13/h1-4,8H,5-7H2. The molecule has 0 fully saturated rings. The van der Waals surface area contributed by atoms with Gasteiger partial charge in [0.1, 0.15) is 5.15 Å². The van der Waals surface area contributed by atoms with Gasteiger partial charge in [0.15, 0.2) is 5.82 Å². The Morgan fingerprint density at radius 3 is 3.05 bits per heavy atom. The van der Waals surface area contributed by atoms with Gasteiger partial charge >= 0.3 is 0 Å². The zero-order valence-electron chi connectivity index (χ0n) is 10.6. The van der Waals surface area contributed by atoms with Gasteiger partial charge in [-0.25, -0.2) is 9.97 Å². The maximum Gasteiger partial charge on any atom is 0.162 e. The van der Waals surface area contributed by atoms with E-state index in [2.05, 4.69) is 22.5 Å². The molecule has 5 heteroatoms. The van der Waals surface area contributed by atoms with Crippen molar-refractivity contribution < 1.29 is 4.74 Å². The Kier molecular flexibility index (Phi) is 2.95. The largest absolute Gasteiger partial charge is 0.376 e. The summed E-state index contributed by atoms with van der Waals surface area (Å²) >= 11 is 7.99. The molecule has 0 bridgehead atoms. The molecule has 0 radical (unpaired) electrons. The first kappa shape index (κ1) is 12.3. The monoisotopic (exact) mass is 302 g/mol. The Hall–Kier alpha value is -1.49. The van der Waals surface area contributed by atoms with Crippen LogP contribution in [0.3, 0.4) is 0 Å². The molecule has 0 spiro atoms. The minimum atomic E-state index is 0.513. The predicted molar refractivity (Wildman–Crippen MR) is 81.2 cm³/mol. The Morgan fingerprint density at radius 2 is 2.10 bits per heavy atom. The number of hydrogen-bond donors (Lipinski definition) is 0. The minimum Gasteiger partial charge on any atom is -0.376 e. The second-order valence-electron chi connectivity index (χ2n) is 4.71. The van der Waals surface area contributed by atoms with E-state index in [0.717, 1.165) is 23.2 Å². The number of halogens is 1. The third-order valence-corrected chi connectivity index (χ3v) is 4.77. The Labute approximate surface area is 125 Å². The van der Waals surface area contributed by atoms with Gasteiger partial charge in [-0.1, -0.05) is 29.8 Å². The summed E-state index contributed by atoms with van der Waals surface area (Å²) in [4.78, 5) is 9.16. The molecular weight excluding hydrogens is 292 g/mol. The van der Waals surface area contributed by atoms with E-state index in [-0.39, 0.29) is 0 Å². The number of thiophene rings is 1. The van der Waals surface area contributed by atoms with E-state index < -0.39 is 0 Å². The van der Waals surface area contributed by atoms with Crippen molar-refractivity contribution in [2.75, 3.05) is 6.61 Å². The summed E-state index contributed by atoms with van der Waals surface area (Å²) in [6.45, 7) is 1.21. The molecular formula is C15H11ClN2OS. The second kappa shape index (κ2) is 4.81. The molecule has 4 rings (SSSR count). The fourth-order valence-corrected chi connectivity index (χ4v) is 3.65. The first-order valence-electron chi connectivity index (χ1n) is 6.42. The summed E-state index contributed by atoms with van der Waals surface area (Å²) in [6.07, 6.45) is 0.798. The lowest BCUT2D eigenvalue weighted by molar-refractivity contribution is 0.109. The van der Waals surface area contributed by atoms with Gasteiger partial charge in [0.05, 0.1) is 18.9 Å². The fraction of sp³-hybridized carbons (Fsp3) is 0.200. The summed E-state index contributed by atoms with van der Waals surface area (Å²) in [5.74, 6) is 0.716. The highest BCUT2D eigenvalue weighted by atomic mass is 35.5. The molecule has 0 atom stereocenters. The summed E-state index contributed by atoms with van der Waals surface area (Å²) in [7, 11) is 0. The maximum atomic E-state index is 6.29. The van der Waals surface area contributed by atoms with E-state index in [0.29, 0.717) is 24.2 Å². The van der Waals surface area contributed by atoms with Crippen molar-refractivity contribution in [2.24, 2.45) is 0 Å². The lowest BCUT2D eigenvalue weighted by Crippen LogP contribution is -2.14. The second-order valence-corrected chi connectivity index (χ2v) is 5.98. The third kappa shape index (κ3) is 1.92. The van der Waals surface area contributed by atoms with Crippen LogP contribution in [-0.2, 0) is 17.8 Å². The average molecular weight is 303 g/mol. The minimum absolute atomic E-state index is 0.513. The van der Waals surface area contributed by atoms with Crippen molar-refractivity contribution >= 4 is 33.0 Å². The lowest BCUT2D eigenvalue weighted by atomic mass is 10.1. The van der Waals surface area contributed by atoms with E-state index in [1.54, 1.807) is 11.3 Å². The van der Waals surface area contributed by atoms with Crippen molar-refractivity contribution in [2.45, 2.75) is 13.0 Å². The molecule has 1 aliphatic heterocycles. The highest BCUT2D eigenvalue weighted by Crippen LogP contribution is 2.34. The van der Waals surface area contributed by atoms with Gasteiger partial charge in [0, 0.05) is 33.0 Å². The summed E-state index contributed by atoms with van der Waals surface area (Å²) in [5, 5.41) is 3.79. The molecule has 0 saturated heterocycles. The van der Waals surface area contributed by atoms with Crippen molar-refractivity contribution in [3.8, 4) is 11.4 Å². The zero-order chi connectivity index (χ0) is 13.5. The van der Waals surface area contributed by atoms with Gasteiger partial charge < -0.3 is 4.74 Å². The molecule has 0 aliphatic carbocycles. The number of hydrogen-bond acceptors (Lipinski definition) is 4. The van der Waals surface area contributed by atoms with Crippen molar-refractivity contribution in [1.29, 1.82) is 0 Å². The van der Waals surface area contributed by atoms with Crippen LogP contribution in [0.25, 0.3) is 21.5 Å². The van der Waals surface area contributed by atoms with Crippen molar-refractivity contribution in [3.63, 3.8) is 0 Å². The van der Waals surface area contributed by atoms with Gasteiger partial charge in [-0.3, -0.25) is 0 Å². The Morgan fingerprint density at radius 1 is 1.20 bits per heavy atom. The van der Waals surface area contributed by atoms with Crippen LogP contribution in [0.15, 0.2) is 29.6 Å². The molecule has 0 amide bonds. The van der Waals surface area contributed by atoms with E-state index in [1.165, 1.54) is 10.1 Å². The number of nitrogens with zero attached hydrogens (tertiary/aromatic N) is 2. The lowest BCUT2D eigenvalue weighted by Gasteiger charge is -2.17. The third-order valence-electron chi connectivity index (χ3n) is 3.49. The molecule has 20 heavy (non-hydrogen) atoms. The van der Waals surface area contributed by atoms with E-state index in [4.69, 9.17) is 21.3 Å². The van der Waals surface area contributed by atoms with E-state index in [9.17, 15) is 0 Å². The van der Waals surface area contributed by atoms with Gasteiger partial charge in [-0.05, 0) is 6.07 Å². The predicted octanol–water partition coefficient (Wildman–Crippen LogP) is 4.08. The SMILES string of the molecule is Clc1nc(-c2csc3ccccc23)nc2c1COCC2. The van der Waals surface area contributed by atoms with Gasteiger partial charge in [0.25, 0.3) is 0 Å². The van der Waals surface area contributed by atoms with Crippen LogP contribution in [0.5, 0.6) is 0 Å². The van der Waals surface area contributed by atoms with Crippen molar-refractivity contribution in [3.05, 3.63) is 46.1 Å². The van der Waals surface area contributed by atoms with E-state index >= 15 is 0 Å². The van der Waals surface area contributed by atoms with Crippen LogP contribution in [0.1, 0.15) is 11.3 Å². The van der Waals surface area contributed by atoms with E-state index in [1.807, 2.05) is 12.1 Å². The molecule has 3 nitrogen and oxygen atoms in total. The molecule has 100 valence electrons. The first-order chi connectivity index (χ1) is 9.83.